The Labute approximate surface area is 195 Å². The molecule has 158 valence electrons. The maximum Gasteiger partial charge on any atom is 0.135 e. The summed E-state index contributed by atoms with van der Waals surface area (Å²) in [7, 11) is 0. The molecule has 0 amide bonds. The Balaban J connectivity index is 1.54. The Hall–Kier alpha value is -4.81. The van der Waals surface area contributed by atoms with E-state index in [1.165, 1.54) is 0 Å². The fourth-order valence-electron chi connectivity index (χ4n) is 5.11. The summed E-state index contributed by atoms with van der Waals surface area (Å²) in [5.74, 6) is 0. The number of fused-ring (bicyclic) bond motifs is 6. The Morgan fingerprint density at radius 3 is 2.24 bits per heavy atom. The summed E-state index contributed by atoms with van der Waals surface area (Å²) in [5, 5.41) is 13.9. The zero-order valence-electron chi connectivity index (χ0n) is 18.2. The summed E-state index contributed by atoms with van der Waals surface area (Å²) < 4.78 is 8.36. The highest BCUT2D eigenvalue weighted by atomic mass is 16.3. The number of hydrogen-bond donors (Lipinski definition) is 0. The summed E-state index contributed by atoms with van der Waals surface area (Å²) in [6.07, 6.45) is 0. The van der Waals surface area contributed by atoms with Gasteiger partial charge in [0, 0.05) is 27.1 Å². The van der Waals surface area contributed by atoms with Gasteiger partial charge in [-0.25, -0.2) is 0 Å². The van der Waals surface area contributed by atoms with Crippen LogP contribution in [0.3, 0.4) is 0 Å². The van der Waals surface area contributed by atoms with Crippen molar-refractivity contribution in [2.75, 3.05) is 0 Å². The normalized spacial score (nSPS) is 11.5. The van der Waals surface area contributed by atoms with Crippen LogP contribution in [-0.4, -0.2) is 4.57 Å². The van der Waals surface area contributed by atoms with Gasteiger partial charge in [0.05, 0.1) is 28.4 Å². The van der Waals surface area contributed by atoms with E-state index in [0.717, 1.165) is 60.6 Å². The lowest BCUT2D eigenvalue weighted by Gasteiger charge is -2.14. The third-order valence-corrected chi connectivity index (χ3v) is 6.63. The topological polar surface area (TPSA) is 41.9 Å². The highest BCUT2D eigenvalue weighted by Gasteiger charge is 2.16. The number of para-hydroxylation sites is 3. The lowest BCUT2D eigenvalue weighted by Crippen LogP contribution is -1.97. The molecule has 0 aliphatic rings. The van der Waals surface area contributed by atoms with Crippen molar-refractivity contribution in [2.45, 2.75) is 0 Å². The molecule has 2 aromatic heterocycles. The third kappa shape index (κ3) is 2.63. The fraction of sp³-hybridized carbons (Fsp3) is 0. The van der Waals surface area contributed by atoms with Gasteiger partial charge in [-0.2, -0.15) is 5.26 Å². The molecule has 2 heterocycles. The van der Waals surface area contributed by atoms with Gasteiger partial charge in [-0.1, -0.05) is 60.7 Å². The molecule has 7 aromatic rings. The molecule has 0 bridgehead atoms. The molecule has 0 aliphatic carbocycles. The molecular weight excluding hydrogens is 416 g/mol. The summed E-state index contributed by atoms with van der Waals surface area (Å²) in [5.41, 5.74) is 8.04. The van der Waals surface area contributed by atoms with Crippen LogP contribution in [0.25, 0.3) is 60.6 Å². The Morgan fingerprint density at radius 1 is 0.588 bits per heavy atom. The third-order valence-electron chi connectivity index (χ3n) is 6.63. The largest absolute Gasteiger partial charge is 0.456 e. The van der Waals surface area contributed by atoms with Gasteiger partial charge in [0.15, 0.2) is 0 Å². The van der Waals surface area contributed by atoms with Crippen LogP contribution in [-0.2, 0) is 0 Å². The van der Waals surface area contributed by atoms with Crippen molar-refractivity contribution in [3.05, 3.63) is 115 Å². The van der Waals surface area contributed by atoms with E-state index >= 15 is 0 Å². The average Bonchev–Trinajstić information content (AvgIpc) is 3.43. The molecule has 0 N–H and O–H groups in total. The minimum atomic E-state index is 0.668. The molecule has 0 saturated carbocycles. The lowest BCUT2D eigenvalue weighted by molar-refractivity contribution is 0.669. The number of rotatable bonds is 2. The van der Waals surface area contributed by atoms with Crippen molar-refractivity contribution >= 4 is 43.7 Å². The molecule has 0 aliphatic heterocycles. The molecule has 0 fully saturated rings. The second-order valence-electron chi connectivity index (χ2n) is 8.52. The van der Waals surface area contributed by atoms with Gasteiger partial charge in [0.2, 0.25) is 0 Å². The van der Waals surface area contributed by atoms with Gasteiger partial charge in [-0.3, -0.25) is 0 Å². The Morgan fingerprint density at radius 2 is 1.32 bits per heavy atom. The van der Waals surface area contributed by atoms with E-state index in [4.69, 9.17) is 4.42 Å². The van der Waals surface area contributed by atoms with Crippen molar-refractivity contribution in [1.82, 2.24) is 4.57 Å². The summed E-state index contributed by atoms with van der Waals surface area (Å²) >= 11 is 0. The lowest BCUT2D eigenvalue weighted by atomic mass is 10.0. The smallest absolute Gasteiger partial charge is 0.135 e. The van der Waals surface area contributed by atoms with Crippen LogP contribution in [0.2, 0.25) is 0 Å². The summed E-state index contributed by atoms with van der Waals surface area (Å²) in [4.78, 5) is 0. The number of aromatic nitrogens is 1. The number of hydrogen-bond acceptors (Lipinski definition) is 2. The summed E-state index contributed by atoms with van der Waals surface area (Å²) in [6.45, 7) is 0. The highest BCUT2D eigenvalue weighted by Crippen LogP contribution is 2.38. The molecule has 0 spiro atoms. The Bertz CT molecular complexity index is 1930. The first kappa shape index (κ1) is 18.7. The molecule has 7 rings (SSSR count). The van der Waals surface area contributed by atoms with E-state index in [0.29, 0.717) is 5.56 Å². The predicted octanol–water partition coefficient (Wildman–Crippen LogP) is 8.22. The molecule has 0 unspecified atom stereocenters. The quantitative estimate of drug-likeness (QED) is 0.275. The van der Waals surface area contributed by atoms with Gasteiger partial charge in [-0.05, 0) is 54.1 Å². The Kier molecular flexibility index (Phi) is 3.91. The summed E-state index contributed by atoms with van der Waals surface area (Å²) in [6, 6.07) is 39.7. The van der Waals surface area contributed by atoms with Gasteiger partial charge in [-0.15, -0.1) is 0 Å². The van der Waals surface area contributed by atoms with Crippen molar-refractivity contribution in [3.8, 4) is 22.9 Å². The van der Waals surface area contributed by atoms with Gasteiger partial charge >= 0.3 is 0 Å². The SMILES string of the molecule is N#Cc1ccc2c(c1)c1ccccc1n2-c1ccccc1-c1ccc2oc3ccccc3c2c1. The first-order valence-electron chi connectivity index (χ1n) is 11.3. The zero-order valence-corrected chi connectivity index (χ0v) is 18.2. The average molecular weight is 434 g/mol. The molecule has 0 saturated heterocycles. The molecule has 5 aromatic carbocycles. The van der Waals surface area contributed by atoms with Crippen molar-refractivity contribution in [3.63, 3.8) is 0 Å². The van der Waals surface area contributed by atoms with E-state index < -0.39 is 0 Å². The van der Waals surface area contributed by atoms with Crippen LogP contribution < -0.4 is 0 Å². The predicted molar refractivity (Wildman–Crippen MR) is 138 cm³/mol. The van der Waals surface area contributed by atoms with E-state index in [2.05, 4.69) is 89.5 Å². The monoisotopic (exact) mass is 434 g/mol. The highest BCUT2D eigenvalue weighted by molar-refractivity contribution is 6.10. The number of furan rings is 1. The van der Waals surface area contributed by atoms with E-state index in [1.807, 2.05) is 30.3 Å². The molecule has 34 heavy (non-hydrogen) atoms. The minimum absolute atomic E-state index is 0.668. The maximum absolute atomic E-state index is 9.47. The molecular formula is C31H18N2O. The van der Waals surface area contributed by atoms with E-state index in [9.17, 15) is 5.26 Å². The molecule has 0 radical (unpaired) electrons. The van der Waals surface area contributed by atoms with E-state index in [-0.39, 0.29) is 0 Å². The molecule has 3 nitrogen and oxygen atoms in total. The maximum atomic E-state index is 9.47. The van der Waals surface area contributed by atoms with Crippen molar-refractivity contribution in [2.24, 2.45) is 0 Å². The molecule has 3 heteroatoms. The number of benzene rings is 5. The first-order valence-corrected chi connectivity index (χ1v) is 11.3. The first-order chi connectivity index (χ1) is 16.8. The minimum Gasteiger partial charge on any atom is -0.456 e. The van der Waals surface area contributed by atoms with Crippen LogP contribution in [0.5, 0.6) is 0 Å². The number of nitriles is 1. The van der Waals surface area contributed by atoms with Crippen LogP contribution in [0.15, 0.2) is 114 Å². The zero-order chi connectivity index (χ0) is 22.6. The van der Waals surface area contributed by atoms with Crippen LogP contribution in [0.4, 0.5) is 0 Å². The van der Waals surface area contributed by atoms with E-state index in [1.54, 1.807) is 0 Å². The number of nitrogens with zero attached hydrogens (tertiary/aromatic N) is 2. The standard InChI is InChI=1S/C31H18N2O/c32-19-20-13-15-29-25(17-20)23-8-2-5-11-28(23)33(29)27-10-4-1-7-22(27)21-14-16-31-26(18-21)24-9-3-6-12-30(24)34-31/h1-18H. The van der Waals surface area contributed by atoms with Gasteiger partial charge in [0.1, 0.15) is 11.2 Å². The van der Waals surface area contributed by atoms with Crippen molar-refractivity contribution in [1.29, 1.82) is 5.26 Å². The van der Waals surface area contributed by atoms with Crippen LogP contribution in [0, 0.1) is 11.3 Å². The van der Waals surface area contributed by atoms with Gasteiger partial charge in [0.25, 0.3) is 0 Å². The van der Waals surface area contributed by atoms with Crippen LogP contribution in [0.1, 0.15) is 5.56 Å². The fourth-order valence-corrected chi connectivity index (χ4v) is 5.11. The van der Waals surface area contributed by atoms with Crippen LogP contribution >= 0.6 is 0 Å². The van der Waals surface area contributed by atoms with Gasteiger partial charge < -0.3 is 8.98 Å². The van der Waals surface area contributed by atoms with Crippen molar-refractivity contribution < 1.29 is 4.42 Å². The second-order valence-corrected chi connectivity index (χ2v) is 8.52. The molecule has 0 atom stereocenters. The second kappa shape index (κ2) is 7.10.